The Bertz CT molecular complexity index is 520. The second kappa shape index (κ2) is 5.57. The van der Waals surface area contributed by atoms with Gasteiger partial charge >= 0.3 is 0 Å². The van der Waals surface area contributed by atoms with Crippen LogP contribution in [0.4, 0.5) is 0 Å². The Morgan fingerprint density at radius 1 is 1.10 bits per heavy atom. The molecule has 0 bridgehead atoms. The average Bonchev–Trinajstić information content (AvgIpc) is 2.76. The number of nitrogens with one attached hydrogen (secondary N) is 1. The molecule has 3 heteroatoms. The molecule has 1 atom stereocenters. The van der Waals surface area contributed by atoms with Gasteiger partial charge in [-0.15, -0.1) is 0 Å². The summed E-state index contributed by atoms with van der Waals surface area (Å²) < 4.78 is 0. The third-order valence-electron chi connectivity index (χ3n) is 4.43. The van der Waals surface area contributed by atoms with Gasteiger partial charge in [-0.1, -0.05) is 24.6 Å². The molecule has 0 saturated heterocycles. The van der Waals surface area contributed by atoms with Gasteiger partial charge in [-0.2, -0.15) is 0 Å². The van der Waals surface area contributed by atoms with Crippen molar-refractivity contribution in [3.05, 3.63) is 34.9 Å². The van der Waals surface area contributed by atoms with E-state index in [1.165, 1.54) is 24.0 Å². The Hall–Kier alpha value is -1.35. The summed E-state index contributed by atoms with van der Waals surface area (Å²) in [6.45, 7) is 2.74. The number of nitrogens with zero attached hydrogens (tertiary/aromatic N) is 1. The quantitative estimate of drug-likeness (QED) is 0.813. The van der Waals surface area contributed by atoms with Crippen molar-refractivity contribution >= 4 is 5.84 Å². The molecule has 108 valence electrons. The molecule has 1 aromatic rings. The van der Waals surface area contributed by atoms with E-state index in [0.29, 0.717) is 0 Å². The van der Waals surface area contributed by atoms with E-state index in [1.54, 1.807) is 0 Å². The van der Waals surface area contributed by atoms with Crippen LogP contribution in [0.15, 0.2) is 23.2 Å². The molecule has 0 radical (unpaired) electrons. The van der Waals surface area contributed by atoms with Gasteiger partial charge in [0.2, 0.25) is 0 Å². The number of hydrogen-bond acceptors (Lipinski definition) is 3. The molecule has 0 fully saturated rings. The number of benzene rings is 1. The lowest BCUT2D eigenvalue weighted by Gasteiger charge is -2.29. The fourth-order valence-electron chi connectivity index (χ4n) is 3.40. The monoisotopic (exact) mass is 272 g/mol. The fourth-order valence-corrected chi connectivity index (χ4v) is 3.40. The first kappa shape index (κ1) is 13.6. The smallest absolute Gasteiger partial charge is 0.160 e. The van der Waals surface area contributed by atoms with Crippen molar-refractivity contribution in [1.29, 1.82) is 0 Å². The maximum atomic E-state index is 10.9. The molecular formula is C17H24N2O. The Labute approximate surface area is 121 Å². The molecule has 0 amide bonds. The Kier molecular flexibility index (Phi) is 3.79. The molecule has 3 nitrogen and oxygen atoms in total. The van der Waals surface area contributed by atoms with Crippen LogP contribution in [-0.4, -0.2) is 17.5 Å². The predicted octanol–water partition coefficient (Wildman–Crippen LogP) is 2.90. The standard InChI is InChI=1S/C17H24N2O/c1-17(20,19-16-11-3-2-4-12-18-16)15-10-6-8-13-7-5-9-14(13)15/h6,8,10,20H,2-5,7,9,11-12H2,1H3,(H,18,19). The van der Waals surface area contributed by atoms with Crippen molar-refractivity contribution in [1.82, 2.24) is 5.32 Å². The Morgan fingerprint density at radius 3 is 2.90 bits per heavy atom. The van der Waals surface area contributed by atoms with Crippen LogP contribution in [0.3, 0.4) is 0 Å². The first-order valence-electron chi connectivity index (χ1n) is 7.82. The molecule has 1 aliphatic heterocycles. The molecule has 2 N–H and O–H groups in total. The summed E-state index contributed by atoms with van der Waals surface area (Å²) >= 11 is 0. The van der Waals surface area contributed by atoms with Gasteiger partial charge in [0.05, 0.1) is 5.84 Å². The van der Waals surface area contributed by atoms with Crippen molar-refractivity contribution in [3.63, 3.8) is 0 Å². The second-order valence-electron chi connectivity index (χ2n) is 6.13. The summed E-state index contributed by atoms with van der Waals surface area (Å²) in [6.07, 6.45) is 7.92. The summed E-state index contributed by atoms with van der Waals surface area (Å²) in [5.74, 6) is 0.961. The number of fused-ring (bicyclic) bond motifs is 1. The third-order valence-corrected chi connectivity index (χ3v) is 4.43. The van der Waals surface area contributed by atoms with Crippen LogP contribution >= 0.6 is 0 Å². The Morgan fingerprint density at radius 2 is 2.00 bits per heavy atom. The lowest BCUT2D eigenvalue weighted by Crippen LogP contribution is -2.44. The van der Waals surface area contributed by atoms with E-state index in [9.17, 15) is 5.11 Å². The molecule has 1 aliphatic carbocycles. The highest BCUT2D eigenvalue weighted by atomic mass is 16.3. The summed E-state index contributed by atoms with van der Waals surface area (Å²) in [5.41, 5.74) is 2.74. The van der Waals surface area contributed by atoms with Gasteiger partial charge in [-0.05, 0) is 50.2 Å². The van der Waals surface area contributed by atoms with E-state index >= 15 is 0 Å². The molecule has 0 saturated carbocycles. The van der Waals surface area contributed by atoms with E-state index in [-0.39, 0.29) is 0 Å². The van der Waals surface area contributed by atoms with Crippen molar-refractivity contribution < 1.29 is 5.11 Å². The first-order chi connectivity index (χ1) is 9.67. The highest BCUT2D eigenvalue weighted by molar-refractivity contribution is 5.83. The molecular weight excluding hydrogens is 248 g/mol. The SMILES string of the molecule is CC(O)(NC1=NCCCCC1)c1cccc2c1CCC2. The van der Waals surface area contributed by atoms with Crippen molar-refractivity contribution in [2.75, 3.05) is 6.54 Å². The summed E-state index contributed by atoms with van der Waals surface area (Å²) in [7, 11) is 0. The number of aryl methyl sites for hydroxylation is 1. The number of hydrogen-bond donors (Lipinski definition) is 2. The minimum atomic E-state index is -1.02. The van der Waals surface area contributed by atoms with Gasteiger partial charge in [0.1, 0.15) is 0 Å². The highest BCUT2D eigenvalue weighted by Gasteiger charge is 2.29. The third kappa shape index (κ3) is 2.73. The molecule has 0 spiro atoms. The molecule has 20 heavy (non-hydrogen) atoms. The number of aliphatic imine (C=N–C) groups is 1. The van der Waals surface area contributed by atoms with E-state index in [0.717, 1.165) is 50.0 Å². The van der Waals surface area contributed by atoms with Crippen LogP contribution < -0.4 is 5.32 Å². The predicted molar refractivity (Wildman–Crippen MR) is 81.9 cm³/mol. The Balaban J connectivity index is 1.84. The summed E-state index contributed by atoms with van der Waals surface area (Å²) in [4.78, 5) is 4.57. The normalized spacial score (nSPS) is 21.6. The fraction of sp³-hybridized carbons (Fsp3) is 0.588. The van der Waals surface area contributed by atoms with E-state index in [2.05, 4.69) is 28.5 Å². The van der Waals surface area contributed by atoms with Gasteiger partial charge in [0.25, 0.3) is 0 Å². The molecule has 1 aromatic carbocycles. The lowest BCUT2D eigenvalue weighted by atomic mass is 9.95. The first-order valence-corrected chi connectivity index (χ1v) is 7.82. The maximum Gasteiger partial charge on any atom is 0.160 e. The van der Waals surface area contributed by atoms with Crippen molar-refractivity contribution in [2.45, 2.75) is 57.6 Å². The lowest BCUT2D eigenvalue weighted by molar-refractivity contribution is 0.0395. The van der Waals surface area contributed by atoms with Crippen LogP contribution in [0.25, 0.3) is 0 Å². The van der Waals surface area contributed by atoms with E-state index < -0.39 is 5.72 Å². The van der Waals surface area contributed by atoms with Crippen molar-refractivity contribution in [2.24, 2.45) is 4.99 Å². The van der Waals surface area contributed by atoms with Crippen LogP contribution in [-0.2, 0) is 18.6 Å². The minimum Gasteiger partial charge on any atom is -0.367 e. The summed E-state index contributed by atoms with van der Waals surface area (Å²) in [5, 5.41) is 14.2. The minimum absolute atomic E-state index is 0.880. The molecule has 1 heterocycles. The largest absolute Gasteiger partial charge is 0.367 e. The molecule has 3 rings (SSSR count). The zero-order valence-corrected chi connectivity index (χ0v) is 12.3. The van der Waals surface area contributed by atoms with Crippen molar-refractivity contribution in [3.8, 4) is 0 Å². The van der Waals surface area contributed by atoms with Gasteiger partial charge < -0.3 is 10.4 Å². The molecule has 2 aliphatic rings. The van der Waals surface area contributed by atoms with Crippen LogP contribution in [0.1, 0.15) is 55.7 Å². The topological polar surface area (TPSA) is 44.6 Å². The highest BCUT2D eigenvalue weighted by Crippen LogP contribution is 2.31. The second-order valence-corrected chi connectivity index (χ2v) is 6.13. The maximum absolute atomic E-state index is 10.9. The molecule has 1 unspecified atom stereocenters. The van der Waals surface area contributed by atoms with E-state index in [1.807, 2.05) is 6.92 Å². The van der Waals surface area contributed by atoms with Crippen LogP contribution in [0.2, 0.25) is 0 Å². The zero-order chi connectivity index (χ0) is 14.0. The zero-order valence-electron chi connectivity index (χ0n) is 12.3. The van der Waals surface area contributed by atoms with E-state index in [4.69, 9.17) is 0 Å². The van der Waals surface area contributed by atoms with Gasteiger partial charge in [0.15, 0.2) is 5.72 Å². The molecule has 0 aromatic heterocycles. The van der Waals surface area contributed by atoms with Gasteiger partial charge in [0, 0.05) is 18.5 Å². The average molecular weight is 272 g/mol. The number of aliphatic hydroxyl groups is 1. The van der Waals surface area contributed by atoms with Gasteiger partial charge in [-0.25, -0.2) is 0 Å². The van der Waals surface area contributed by atoms with Gasteiger partial charge in [-0.3, -0.25) is 4.99 Å². The van der Waals surface area contributed by atoms with Crippen LogP contribution in [0.5, 0.6) is 0 Å². The van der Waals surface area contributed by atoms with Crippen LogP contribution in [0, 0.1) is 0 Å². The number of amidine groups is 1. The summed E-state index contributed by atoms with van der Waals surface area (Å²) in [6, 6.07) is 6.30. The number of rotatable bonds is 2.